The van der Waals surface area contributed by atoms with Crippen molar-refractivity contribution in [1.82, 2.24) is 14.9 Å². The first kappa shape index (κ1) is 16.9. The molecule has 1 aromatic heterocycles. The highest BCUT2D eigenvalue weighted by Gasteiger charge is 2.09. The van der Waals surface area contributed by atoms with Gasteiger partial charge >= 0.3 is 0 Å². The fourth-order valence-corrected chi connectivity index (χ4v) is 2.07. The van der Waals surface area contributed by atoms with E-state index in [-0.39, 0.29) is 5.91 Å². The Kier molecular flexibility index (Phi) is 6.05. The van der Waals surface area contributed by atoms with Crippen LogP contribution in [0.1, 0.15) is 22.8 Å². The molecule has 1 heterocycles. The molecule has 6 heteroatoms. The summed E-state index contributed by atoms with van der Waals surface area (Å²) in [6.45, 7) is 3.70. The Morgan fingerprint density at radius 2 is 1.87 bits per heavy atom. The maximum atomic E-state index is 12.3. The molecule has 0 saturated heterocycles. The van der Waals surface area contributed by atoms with Crippen LogP contribution in [0.5, 0.6) is 0 Å². The van der Waals surface area contributed by atoms with Crippen LogP contribution in [0.2, 0.25) is 0 Å². The molecule has 2 rings (SSSR count). The second kappa shape index (κ2) is 8.24. The van der Waals surface area contributed by atoms with E-state index >= 15 is 0 Å². The maximum Gasteiger partial charge on any atom is 0.258 e. The van der Waals surface area contributed by atoms with Crippen LogP contribution in [0.25, 0.3) is 0 Å². The van der Waals surface area contributed by atoms with Gasteiger partial charge in [0.1, 0.15) is 0 Å². The highest BCUT2D eigenvalue weighted by molar-refractivity contribution is 6.04. The van der Waals surface area contributed by atoms with E-state index in [2.05, 4.69) is 32.4 Å². The standard InChI is InChI=1S/C17H23N5O/c1-4-13-7-5-6-8-15(13)21-16(23)14-11-19-17(20-12-14)18-9-10-22(2)3/h5-8,11-12H,4,9-10H2,1-3H3,(H,21,23)(H,18,19,20). The van der Waals surface area contributed by atoms with Crippen molar-refractivity contribution in [3.63, 3.8) is 0 Å². The lowest BCUT2D eigenvalue weighted by atomic mass is 10.1. The third-order valence-corrected chi connectivity index (χ3v) is 3.40. The van der Waals surface area contributed by atoms with Gasteiger partial charge in [0.25, 0.3) is 5.91 Å². The van der Waals surface area contributed by atoms with Crippen molar-refractivity contribution in [2.75, 3.05) is 37.8 Å². The fraction of sp³-hybridized carbons (Fsp3) is 0.353. The van der Waals surface area contributed by atoms with Crippen molar-refractivity contribution < 1.29 is 4.79 Å². The molecule has 0 atom stereocenters. The minimum Gasteiger partial charge on any atom is -0.353 e. The second-order valence-corrected chi connectivity index (χ2v) is 5.49. The van der Waals surface area contributed by atoms with Crippen LogP contribution in [-0.4, -0.2) is 48.0 Å². The maximum absolute atomic E-state index is 12.3. The molecule has 0 unspecified atom stereocenters. The van der Waals surface area contributed by atoms with Gasteiger partial charge in [-0.3, -0.25) is 4.79 Å². The number of hydrogen-bond donors (Lipinski definition) is 2. The fourth-order valence-electron chi connectivity index (χ4n) is 2.07. The lowest BCUT2D eigenvalue weighted by molar-refractivity contribution is 0.102. The summed E-state index contributed by atoms with van der Waals surface area (Å²) >= 11 is 0. The number of para-hydroxylation sites is 1. The van der Waals surface area contributed by atoms with Gasteiger partial charge in [0.15, 0.2) is 0 Å². The average molecular weight is 313 g/mol. The van der Waals surface area contributed by atoms with Crippen LogP contribution in [0, 0.1) is 0 Å². The quantitative estimate of drug-likeness (QED) is 0.820. The van der Waals surface area contributed by atoms with Gasteiger partial charge in [0.05, 0.1) is 5.56 Å². The number of aryl methyl sites for hydroxylation is 1. The highest BCUT2D eigenvalue weighted by atomic mass is 16.1. The molecule has 0 fully saturated rings. The molecule has 2 aromatic rings. The Bertz CT molecular complexity index is 640. The molecule has 0 spiro atoms. The number of aromatic nitrogens is 2. The normalized spacial score (nSPS) is 10.6. The first-order valence-electron chi connectivity index (χ1n) is 7.70. The van der Waals surface area contributed by atoms with Crippen molar-refractivity contribution in [3.8, 4) is 0 Å². The molecule has 1 aromatic carbocycles. The Morgan fingerprint density at radius 1 is 1.17 bits per heavy atom. The average Bonchev–Trinajstić information content (AvgIpc) is 2.55. The van der Waals surface area contributed by atoms with E-state index in [4.69, 9.17) is 0 Å². The number of amides is 1. The first-order valence-corrected chi connectivity index (χ1v) is 7.70. The molecule has 1 amide bonds. The number of benzene rings is 1. The van der Waals surface area contributed by atoms with E-state index in [9.17, 15) is 4.79 Å². The number of nitrogens with zero attached hydrogens (tertiary/aromatic N) is 3. The lowest BCUT2D eigenvalue weighted by Gasteiger charge is -2.11. The van der Waals surface area contributed by atoms with Crippen LogP contribution < -0.4 is 10.6 Å². The minimum atomic E-state index is -0.203. The Labute approximate surface area is 137 Å². The zero-order valence-corrected chi connectivity index (χ0v) is 13.8. The number of rotatable bonds is 7. The lowest BCUT2D eigenvalue weighted by Crippen LogP contribution is -2.21. The number of hydrogen-bond acceptors (Lipinski definition) is 5. The predicted octanol–water partition coefficient (Wildman–Crippen LogP) is 2.26. The van der Waals surface area contributed by atoms with Crippen molar-refractivity contribution in [2.24, 2.45) is 0 Å². The van der Waals surface area contributed by atoms with Crippen molar-refractivity contribution in [3.05, 3.63) is 47.8 Å². The molecular formula is C17H23N5O. The molecule has 23 heavy (non-hydrogen) atoms. The number of anilines is 2. The van der Waals surface area contributed by atoms with Crippen molar-refractivity contribution in [2.45, 2.75) is 13.3 Å². The van der Waals surface area contributed by atoms with Gasteiger partial charge in [-0.15, -0.1) is 0 Å². The summed E-state index contributed by atoms with van der Waals surface area (Å²) in [5, 5.41) is 6.02. The monoisotopic (exact) mass is 313 g/mol. The van der Waals surface area contributed by atoms with Crippen LogP contribution in [0.15, 0.2) is 36.7 Å². The SMILES string of the molecule is CCc1ccccc1NC(=O)c1cnc(NCCN(C)C)nc1. The summed E-state index contributed by atoms with van der Waals surface area (Å²) in [6.07, 6.45) is 3.94. The third kappa shape index (κ3) is 5.03. The van der Waals surface area contributed by atoms with E-state index in [0.29, 0.717) is 11.5 Å². The second-order valence-electron chi connectivity index (χ2n) is 5.49. The molecule has 0 bridgehead atoms. The molecule has 0 radical (unpaired) electrons. The predicted molar refractivity (Wildman–Crippen MR) is 92.8 cm³/mol. The zero-order valence-electron chi connectivity index (χ0n) is 13.8. The number of nitrogens with one attached hydrogen (secondary N) is 2. The van der Waals surface area contributed by atoms with E-state index < -0.39 is 0 Å². The van der Waals surface area contributed by atoms with E-state index in [1.54, 1.807) is 0 Å². The van der Waals surface area contributed by atoms with Gasteiger partial charge in [-0.25, -0.2) is 9.97 Å². The molecule has 0 saturated carbocycles. The van der Waals surface area contributed by atoms with Crippen LogP contribution >= 0.6 is 0 Å². The van der Waals surface area contributed by atoms with Gasteiger partial charge in [0.2, 0.25) is 5.95 Å². The molecule has 2 N–H and O–H groups in total. The van der Waals surface area contributed by atoms with E-state index in [1.807, 2.05) is 38.4 Å². The Balaban J connectivity index is 1.97. The molecule has 0 aliphatic heterocycles. The third-order valence-electron chi connectivity index (χ3n) is 3.40. The molecular weight excluding hydrogens is 290 g/mol. The summed E-state index contributed by atoms with van der Waals surface area (Å²) in [7, 11) is 4.01. The zero-order chi connectivity index (χ0) is 16.7. The van der Waals surface area contributed by atoms with Gasteiger partial charge in [-0.1, -0.05) is 25.1 Å². The molecule has 122 valence electrons. The molecule has 0 aliphatic carbocycles. The van der Waals surface area contributed by atoms with E-state index in [1.165, 1.54) is 12.4 Å². The Hall–Kier alpha value is -2.47. The molecule has 0 aliphatic rings. The summed E-state index contributed by atoms with van der Waals surface area (Å²) in [5.74, 6) is 0.322. The first-order chi connectivity index (χ1) is 11.1. The summed E-state index contributed by atoms with van der Waals surface area (Å²) in [6, 6.07) is 7.77. The van der Waals surface area contributed by atoms with Gasteiger partial charge in [-0.2, -0.15) is 0 Å². The van der Waals surface area contributed by atoms with E-state index in [0.717, 1.165) is 30.8 Å². The number of carbonyl (C=O) groups excluding carboxylic acids is 1. The van der Waals surface area contributed by atoms with Gasteiger partial charge < -0.3 is 15.5 Å². The number of carbonyl (C=O) groups is 1. The minimum absolute atomic E-state index is 0.203. The Morgan fingerprint density at radius 3 is 2.52 bits per heavy atom. The van der Waals surface area contributed by atoms with Gasteiger partial charge in [0, 0.05) is 31.2 Å². The van der Waals surface area contributed by atoms with Gasteiger partial charge in [-0.05, 0) is 32.1 Å². The van der Waals surface area contributed by atoms with Crippen LogP contribution in [0.3, 0.4) is 0 Å². The topological polar surface area (TPSA) is 70.2 Å². The summed E-state index contributed by atoms with van der Waals surface area (Å²) in [4.78, 5) is 22.7. The summed E-state index contributed by atoms with van der Waals surface area (Å²) in [5.41, 5.74) is 2.37. The highest BCUT2D eigenvalue weighted by Crippen LogP contribution is 2.16. The summed E-state index contributed by atoms with van der Waals surface area (Å²) < 4.78 is 0. The molecule has 6 nitrogen and oxygen atoms in total. The van der Waals surface area contributed by atoms with Crippen molar-refractivity contribution >= 4 is 17.5 Å². The van der Waals surface area contributed by atoms with Crippen molar-refractivity contribution in [1.29, 1.82) is 0 Å². The largest absolute Gasteiger partial charge is 0.353 e. The van der Waals surface area contributed by atoms with Crippen LogP contribution in [0.4, 0.5) is 11.6 Å². The smallest absolute Gasteiger partial charge is 0.258 e. The van der Waals surface area contributed by atoms with Crippen LogP contribution in [-0.2, 0) is 6.42 Å². The number of likely N-dealkylation sites (N-methyl/N-ethyl adjacent to an activating group) is 1.